The lowest BCUT2D eigenvalue weighted by Crippen LogP contribution is -2.62. The highest BCUT2D eigenvalue weighted by atomic mass is 32.2. The minimum Gasteiger partial charge on any atom is -0.467 e. The third-order valence-corrected chi connectivity index (χ3v) is 4.81. The van der Waals surface area contributed by atoms with Crippen LogP contribution in [0.15, 0.2) is 0 Å². The number of hydrogen-bond acceptors (Lipinski definition) is 7. The molecule has 2 fully saturated rings. The normalized spacial score (nSPS) is 21.0. The second-order valence-electron chi connectivity index (χ2n) is 6.77. The summed E-state index contributed by atoms with van der Waals surface area (Å²) in [5, 5.41) is -0.448. The van der Waals surface area contributed by atoms with E-state index in [9.17, 15) is 19.2 Å². The summed E-state index contributed by atoms with van der Waals surface area (Å²) < 4.78 is 10.2. The second-order valence-corrected chi connectivity index (χ2v) is 7.70. The first-order valence-electron chi connectivity index (χ1n) is 7.67. The van der Waals surface area contributed by atoms with Crippen LogP contribution in [0, 0.1) is 0 Å². The molecule has 0 spiro atoms. The van der Waals surface area contributed by atoms with Crippen LogP contribution in [0.1, 0.15) is 33.6 Å². The number of hydrogen-bond donors (Lipinski definition) is 0. The quantitative estimate of drug-likeness (QED) is 0.693. The lowest BCUT2D eigenvalue weighted by Gasteiger charge is -2.43. The molecule has 0 atom stereocenters. The van der Waals surface area contributed by atoms with Gasteiger partial charge in [-0.25, -0.2) is 9.59 Å². The van der Waals surface area contributed by atoms with Crippen molar-refractivity contribution < 1.29 is 28.7 Å². The molecule has 0 saturated carbocycles. The molecule has 0 N–H and O–H groups in total. The van der Waals surface area contributed by atoms with E-state index in [1.165, 1.54) is 12.0 Å². The van der Waals surface area contributed by atoms with Crippen LogP contribution in [0.25, 0.3) is 0 Å². The van der Waals surface area contributed by atoms with Crippen molar-refractivity contribution in [2.24, 2.45) is 0 Å². The molecule has 134 valence electrons. The van der Waals surface area contributed by atoms with Gasteiger partial charge in [0.2, 0.25) is 5.91 Å². The Balaban J connectivity index is 2.17. The van der Waals surface area contributed by atoms with E-state index in [1.54, 1.807) is 20.8 Å². The fourth-order valence-corrected chi connectivity index (χ4v) is 3.64. The molecule has 3 amide bonds. The Morgan fingerprint density at radius 1 is 1.17 bits per heavy atom. The molecule has 0 unspecified atom stereocenters. The fourth-order valence-electron chi connectivity index (χ4n) is 2.86. The molecule has 2 saturated heterocycles. The average molecular weight is 358 g/mol. The smallest absolute Gasteiger partial charge is 0.410 e. The first kappa shape index (κ1) is 18.6. The van der Waals surface area contributed by atoms with Crippen LogP contribution in [0.4, 0.5) is 9.59 Å². The molecule has 2 aliphatic rings. The molecule has 9 heteroatoms. The Morgan fingerprint density at radius 3 is 2.17 bits per heavy atom. The monoisotopic (exact) mass is 358 g/mol. The topological polar surface area (TPSA) is 93.2 Å². The molecular formula is C15H22N2O6S. The lowest BCUT2D eigenvalue weighted by molar-refractivity contribution is -0.160. The number of methoxy groups -OCH3 is 1. The van der Waals surface area contributed by atoms with E-state index in [2.05, 4.69) is 0 Å². The van der Waals surface area contributed by atoms with Gasteiger partial charge >= 0.3 is 12.1 Å². The molecule has 0 bridgehead atoms. The van der Waals surface area contributed by atoms with E-state index in [4.69, 9.17) is 9.47 Å². The summed E-state index contributed by atoms with van der Waals surface area (Å²) in [5.41, 5.74) is -1.96. The van der Waals surface area contributed by atoms with Crippen LogP contribution in [-0.2, 0) is 19.1 Å². The molecule has 0 aromatic heterocycles. The zero-order valence-corrected chi connectivity index (χ0v) is 15.1. The highest BCUT2D eigenvalue weighted by Gasteiger charge is 2.54. The minimum atomic E-state index is -1.34. The van der Waals surface area contributed by atoms with Crippen LogP contribution < -0.4 is 0 Å². The number of likely N-dealkylation sites (tertiary alicyclic amines) is 1. The predicted octanol–water partition coefficient (Wildman–Crippen LogP) is 1.62. The largest absolute Gasteiger partial charge is 0.467 e. The predicted molar refractivity (Wildman–Crippen MR) is 86.5 cm³/mol. The van der Waals surface area contributed by atoms with Crippen LogP contribution in [0.5, 0.6) is 0 Å². The van der Waals surface area contributed by atoms with E-state index in [-0.39, 0.29) is 31.7 Å². The zero-order valence-electron chi connectivity index (χ0n) is 14.3. The number of imide groups is 1. The van der Waals surface area contributed by atoms with Gasteiger partial charge in [-0.15, -0.1) is 0 Å². The lowest BCUT2D eigenvalue weighted by atomic mass is 9.85. The molecule has 2 rings (SSSR count). The molecule has 0 aromatic carbocycles. The molecule has 8 nitrogen and oxygen atoms in total. The maximum atomic E-state index is 12.4. The van der Waals surface area contributed by atoms with Crippen molar-refractivity contribution in [2.45, 2.75) is 44.8 Å². The van der Waals surface area contributed by atoms with Gasteiger partial charge in [0.15, 0.2) is 5.54 Å². The second kappa shape index (κ2) is 6.62. The van der Waals surface area contributed by atoms with Crippen molar-refractivity contribution >= 4 is 35.0 Å². The number of amides is 3. The fraction of sp³-hybridized carbons (Fsp3) is 0.733. The van der Waals surface area contributed by atoms with Crippen molar-refractivity contribution in [3.05, 3.63) is 0 Å². The van der Waals surface area contributed by atoms with Crippen LogP contribution >= 0.6 is 11.8 Å². The van der Waals surface area contributed by atoms with Gasteiger partial charge < -0.3 is 14.4 Å². The summed E-state index contributed by atoms with van der Waals surface area (Å²) in [5.74, 6) is -1.01. The van der Waals surface area contributed by atoms with Gasteiger partial charge in [0.25, 0.3) is 5.24 Å². The van der Waals surface area contributed by atoms with Crippen molar-refractivity contribution in [1.82, 2.24) is 9.80 Å². The number of ether oxygens (including phenoxy) is 2. The van der Waals surface area contributed by atoms with Gasteiger partial charge in [-0.05, 0) is 33.6 Å². The summed E-state index contributed by atoms with van der Waals surface area (Å²) >= 11 is 0.873. The first-order valence-corrected chi connectivity index (χ1v) is 8.65. The highest BCUT2D eigenvalue weighted by Crippen LogP contribution is 2.36. The number of nitrogens with zero attached hydrogens (tertiary/aromatic N) is 2. The van der Waals surface area contributed by atoms with Crippen molar-refractivity contribution in [2.75, 3.05) is 26.0 Å². The Labute approximate surface area is 144 Å². The van der Waals surface area contributed by atoms with E-state index in [0.717, 1.165) is 16.7 Å². The first-order chi connectivity index (χ1) is 11.1. The summed E-state index contributed by atoms with van der Waals surface area (Å²) in [7, 11) is 1.22. The third kappa shape index (κ3) is 3.50. The van der Waals surface area contributed by atoms with E-state index in [1.807, 2.05) is 0 Å². The Bertz CT molecular complexity index is 547. The highest BCUT2D eigenvalue weighted by molar-refractivity contribution is 8.14. The maximum absolute atomic E-state index is 12.4. The number of carbonyl (C=O) groups excluding carboxylic acids is 4. The maximum Gasteiger partial charge on any atom is 0.410 e. The van der Waals surface area contributed by atoms with Crippen molar-refractivity contribution in [3.8, 4) is 0 Å². The zero-order chi connectivity index (χ0) is 18.1. The molecule has 2 aliphatic heterocycles. The number of rotatable bonds is 2. The van der Waals surface area contributed by atoms with Gasteiger partial charge in [0.1, 0.15) is 5.60 Å². The van der Waals surface area contributed by atoms with Gasteiger partial charge in [0.05, 0.1) is 12.9 Å². The number of thioether (sulfide) groups is 1. The average Bonchev–Trinajstić information content (AvgIpc) is 2.84. The Kier molecular flexibility index (Phi) is 5.12. The molecule has 0 aliphatic carbocycles. The Hall–Kier alpha value is -1.77. The van der Waals surface area contributed by atoms with E-state index < -0.39 is 34.3 Å². The third-order valence-electron chi connectivity index (χ3n) is 3.99. The number of carbonyl (C=O) groups is 4. The summed E-state index contributed by atoms with van der Waals surface area (Å²) in [6, 6.07) is 0. The molecule has 24 heavy (non-hydrogen) atoms. The van der Waals surface area contributed by atoms with Crippen molar-refractivity contribution in [3.63, 3.8) is 0 Å². The van der Waals surface area contributed by atoms with Crippen molar-refractivity contribution in [1.29, 1.82) is 0 Å². The van der Waals surface area contributed by atoms with Gasteiger partial charge in [-0.1, -0.05) is 11.8 Å². The summed E-state index contributed by atoms with van der Waals surface area (Å²) in [6.45, 7) is 5.71. The number of piperidine rings is 1. The molecular weight excluding hydrogens is 336 g/mol. The summed E-state index contributed by atoms with van der Waals surface area (Å²) in [6.07, 6.45) is -0.206. The molecule has 2 heterocycles. The van der Waals surface area contributed by atoms with Gasteiger partial charge in [-0.3, -0.25) is 14.5 Å². The molecule has 0 aromatic rings. The van der Waals surface area contributed by atoms with E-state index in [0.29, 0.717) is 0 Å². The van der Waals surface area contributed by atoms with Gasteiger partial charge in [0, 0.05) is 13.1 Å². The van der Waals surface area contributed by atoms with Crippen LogP contribution in [0.2, 0.25) is 0 Å². The number of esters is 1. The van der Waals surface area contributed by atoms with E-state index >= 15 is 0 Å². The molecule has 0 radical (unpaired) electrons. The summed E-state index contributed by atoms with van der Waals surface area (Å²) in [4.78, 5) is 51.1. The SMILES string of the molecule is COC(=O)C1(N2C(=O)CSC2=O)CCN(C(=O)OC(C)(C)C)CC1. The van der Waals surface area contributed by atoms with Gasteiger partial charge in [-0.2, -0.15) is 0 Å². The minimum absolute atomic E-state index is 0.0212. The van der Waals surface area contributed by atoms with Crippen LogP contribution in [-0.4, -0.2) is 70.1 Å². The Morgan fingerprint density at radius 2 is 1.75 bits per heavy atom. The van der Waals surface area contributed by atoms with Crippen LogP contribution in [0.3, 0.4) is 0 Å². The standard InChI is InChI=1S/C15H22N2O6S/c1-14(2,3)23-12(20)16-7-5-15(6-8-16,11(19)22-4)17-10(18)9-24-13(17)21/h5-9H2,1-4H3.